The van der Waals surface area contributed by atoms with Crippen molar-refractivity contribution in [2.75, 3.05) is 0 Å². The number of amides is 3. The van der Waals surface area contributed by atoms with Gasteiger partial charge in [0.2, 0.25) is 5.91 Å². The summed E-state index contributed by atoms with van der Waals surface area (Å²) in [6.07, 6.45) is 0.373. The van der Waals surface area contributed by atoms with E-state index in [1.807, 2.05) is 51.1 Å². The van der Waals surface area contributed by atoms with E-state index in [-0.39, 0.29) is 17.9 Å². The third kappa shape index (κ3) is 6.07. The molecule has 0 fully saturated rings. The first-order chi connectivity index (χ1) is 10.8. The molecule has 0 spiro atoms. The zero-order valence-electron chi connectivity index (χ0n) is 13.5. The van der Waals surface area contributed by atoms with Crippen molar-refractivity contribution in [1.82, 2.24) is 16.1 Å². The Bertz CT molecular complexity index is 546. The smallest absolute Gasteiger partial charge is 0.332 e. The van der Waals surface area contributed by atoms with Gasteiger partial charge in [-0.15, -0.1) is 0 Å². The molecule has 126 valence electrons. The second-order valence-corrected chi connectivity index (χ2v) is 5.74. The highest BCUT2D eigenvalue weighted by Gasteiger charge is 2.25. The monoisotopic (exact) mass is 321 g/mol. The van der Waals surface area contributed by atoms with Crippen LogP contribution in [0.4, 0.5) is 0 Å². The number of carbonyl (C=O) groups is 3. The molecule has 7 nitrogen and oxygen atoms in total. The molecule has 0 aromatic heterocycles. The van der Waals surface area contributed by atoms with Crippen LogP contribution in [-0.2, 0) is 14.4 Å². The minimum atomic E-state index is -1.21. The van der Waals surface area contributed by atoms with Crippen LogP contribution < -0.4 is 16.1 Å². The normalized spacial score (nSPS) is 13.1. The fraction of sp³-hybridized carbons (Fsp3) is 0.438. The van der Waals surface area contributed by atoms with Crippen LogP contribution in [0.3, 0.4) is 0 Å². The molecule has 0 unspecified atom stereocenters. The first-order valence-electron chi connectivity index (χ1n) is 7.45. The van der Waals surface area contributed by atoms with E-state index in [1.54, 1.807) is 0 Å². The fourth-order valence-electron chi connectivity index (χ4n) is 2.12. The number of nitrogens with one attached hydrogen (secondary N) is 3. The van der Waals surface area contributed by atoms with Gasteiger partial charge in [0.05, 0.1) is 6.04 Å². The third-order valence-corrected chi connectivity index (χ3v) is 3.30. The van der Waals surface area contributed by atoms with Gasteiger partial charge in [0.1, 0.15) is 6.04 Å². The van der Waals surface area contributed by atoms with Crippen molar-refractivity contribution in [1.29, 1.82) is 0 Å². The predicted octanol–water partition coefficient (Wildman–Crippen LogP) is 0.900. The SMILES string of the molecule is CC(C)C[C@H](NC(=O)C(=O)NO)C(=O)N[C@H](C)c1ccccc1. The molecule has 4 N–H and O–H groups in total. The summed E-state index contributed by atoms with van der Waals surface area (Å²) in [5.41, 5.74) is 2.18. The van der Waals surface area contributed by atoms with Gasteiger partial charge < -0.3 is 10.6 Å². The van der Waals surface area contributed by atoms with Crippen LogP contribution in [0.2, 0.25) is 0 Å². The second-order valence-electron chi connectivity index (χ2n) is 5.74. The number of hydrogen-bond acceptors (Lipinski definition) is 4. The highest BCUT2D eigenvalue weighted by atomic mass is 16.5. The number of hydroxylamine groups is 1. The average Bonchev–Trinajstić information content (AvgIpc) is 2.53. The summed E-state index contributed by atoms with van der Waals surface area (Å²) >= 11 is 0. The second kappa shape index (κ2) is 8.89. The van der Waals surface area contributed by atoms with Crippen molar-refractivity contribution in [2.24, 2.45) is 5.92 Å². The van der Waals surface area contributed by atoms with Crippen LogP contribution >= 0.6 is 0 Å². The van der Waals surface area contributed by atoms with Crippen LogP contribution in [0.15, 0.2) is 30.3 Å². The van der Waals surface area contributed by atoms with Gasteiger partial charge in [-0.25, -0.2) is 5.48 Å². The van der Waals surface area contributed by atoms with Gasteiger partial charge in [-0.3, -0.25) is 19.6 Å². The molecule has 1 aromatic carbocycles. The van der Waals surface area contributed by atoms with E-state index >= 15 is 0 Å². The molecular weight excluding hydrogens is 298 g/mol. The van der Waals surface area contributed by atoms with Gasteiger partial charge >= 0.3 is 11.8 Å². The number of hydrogen-bond donors (Lipinski definition) is 4. The first-order valence-corrected chi connectivity index (χ1v) is 7.45. The molecule has 2 atom stereocenters. The lowest BCUT2D eigenvalue weighted by molar-refractivity contribution is -0.145. The van der Waals surface area contributed by atoms with Crippen LogP contribution in [0.1, 0.15) is 38.8 Å². The quantitative estimate of drug-likeness (QED) is 0.355. The summed E-state index contributed by atoms with van der Waals surface area (Å²) < 4.78 is 0. The van der Waals surface area contributed by atoms with E-state index in [0.29, 0.717) is 6.42 Å². The molecule has 1 aromatic rings. The van der Waals surface area contributed by atoms with E-state index in [9.17, 15) is 14.4 Å². The molecule has 0 aliphatic carbocycles. The van der Waals surface area contributed by atoms with Crippen LogP contribution in [0.25, 0.3) is 0 Å². The Hall–Kier alpha value is -2.41. The van der Waals surface area contributed by atoms with Crippen molar-refractivity contribution in [2.45, 2.75) is 39.3 Å². The zero-order chi connectivity index (χ0) is 17.4. The maximum Gasteiger partial charge on any atom is 0.332 e. The Balaban J connectivity index is 2.75. The summed E-state index contributed by atoms with van der Waals surface area (Å²) in [5.74, 6) is -2.51. The Kier molecular flexibility index (Phi) is 7.21. The van der Waals surface area contributed by atoms with Crippen molar-refractivity contribution < 1.29 is 19.6 Å². The van der Waals surface area contributed by atoms with Crippen molar-refractivity contribution in [3.8, 4) is 0 Å². The van der Waals surface area contributed by atoms with Gasteiger partial charge in [0, 0.05) is 0 Å². The van der Waals surface area contributed by atoms with Gasteiger partial charge in [-0.05, 0) is 24.8 Å². The maximum absolute atomic E-state index is 12.4. The molecule has 0 bridgehead atoms. The summed E-state index contributed by atoms with van der Waals surface area (Å²) in [5, 5.41) is 13.6. The van der Waals surface area contributed by atoms with Crippen LogP contribution in [0, 0.1) is 5.92 Å². The maximum atomic E-state index is 12.4. The average molecular weight is 321 g/mol. The molecule has 0 radical (unpaired) electrons. The van der Waals surface area contributed by atoms with Crippen molar-refractivity contribution in [3.63, 3.8) is 0 Å². The summed E-state index contributed by atoms with van der Waals surface area (Å²) in [4.78, 5) is 35.0. The zero-order valence-corrected chi connectivity index (χ0v) is 13.5. The van der Waals surface area contributed by atoms with Crippen LogP contribution in [0.5, 0.6) is 0 Å². The molecule has 0 aliphatic heterocycles. The topological polar surface area (TPSA) is 108 Å². The molecule has 0 saturated carbocycles. The van der Waals surface area contributed by atoms with Gasteiger partial charge in [-0.2, -0.15) is 0 Å². The molecular formula is C16H23N3O4. The lowest BCUT2D eigenvalue weighted by atomic mass is 10.0. The van der Waals surface area contributed by atoms with E-state index in [1.165, 1.54) is 5.48 Å². The summed E-state index contributed by atoms with van der Waals surface area (Å²) in [6, 6.07) is 8.31. The molecule has 23 heavy (non-hydrogen) atoms. The van der Waals surface area contributed by atoms with E-state index in [4.69, 9.17) is 5.21 Å². The molecule has 3 amide bonds. The Morgan fingerprint density at radius 3 is 2.13 bits per heavy atom. The molecule has 1 rings (SSSR count). The molecule has 0 aliphatic rings. The highest BCUT2D eigenvalue weighted by molar-refractivity contribution is 6.35. The molecule has 0 saturated heterocycles. The standard InChI is InChI=1S/C16H23N3O4/c1-10(2)9-13(18-15(21)16(22)19-23)14(20)17-11(3)12-7-5-4-6-8-12/h4-8,10-11,13,23H,9H2,1-3H3,(H,17,20)(H,18,21)(H,19,22)/t11-,13+/m1/s1. The summed E-state index contributed by atoms with van der Waals surface area (Å²) in [6.45, 7) is 5.64. The van der Waals surface area contributed by atoms with E-state index in [2.05, 4.69) is 10.6 Å². The predicted molar refractivity (Wildman–Crippen MR) is 84.3 cm³/mol. The summed E-state index contributed by atoms with van der Waals surface area (Å²) in [7, 11) is 0. The largest absolute Gasteiger partial charge is 0.348 e. The molecule has 0 heterocycles. The van der Waals surface area contributed by atoms with E-state index < -0.39 is 17.9 Å². The lowest BCUT2D eigenvalue weighted by Crippen LogP contribution is -2.51. The van der Waals surface area contributed by atoms with Gasteiger partial charge in [0.15, 0.2) is 0 Å². The van der Waals surface area contributed by atoms with Crippen LogP contribution in [-0.4, -0.2) is 29.0 Å². The van der Waals surface area contributed by atoms with Gasteiger partial charge in [0.25, 0.3) is 0 Å². The minimum absolute atomic E-state index is 0.135. The molecule has 7 heteroatoms. The van der Waals surface area contributed by atoms with E-state index in [0.717, 1.165) is 5.56 Å². The minimum Gasteiger partial charge on any atom is -0.348 e. The Labute approximate surface area is 135 Å². The highest BCUT2D eigenvalue weighted by Crippen LogP contribution is 2.12. The Morgan fingerprint density at radius 2 is 1.61 bits per heavy atom. The first kappa shape index (κ1) is 18.6. The third-order valence-electron chi connectivity index (χ3n) is 3.30. The Morgan fingerprint density at radius 1 is 1.00 bits per heavy atom. The number of benzene rings is 1. The number of rotatable bonds is 6. The van der Waals surface area contributed by atoms with Gasteiger partial charge in [-0.1, -0.05) is 44.2 Å². The lowest BCUT2D eigenvalue weighted by Gasteiger charge is -2.22. The van der Waals surface area contributed by atoms with Crippen molar-refractivity contribution >= 4 is 17.7 Å². The van der Waals surface area contributed by atoms with Crippen molar-refractivity contribution in [3.05, 3.63) is 35.9 Å². The fourth-order valence-corrected chi connectivity index (χ4v) is 2.12. The number of carbonyl (C=O) groups excluding carboxylic acids is 3.